The topological polar surface area (TPSA) is 3.24 Å². The van der Waals surface area contributed by atoms with Gasteiger partial charge in [0.1, 0.15) is 0 Å². The van der Waals surface area contributed by atoms with Crippen molar-refractivity contribution in [1.29, 1.82) is 0 Å². The van der Waals surface area contributed by atoms with Gasteiger partial charge in [0.15, 0.2) is 0 Å². The molecule has 1 atom stereocenters. The van der Waals surface area contributed by atoms with E-state index in [1.165, 1.54) is 27.8 Å². The van der Waals surface area contributed by atoms with Crippen LogP contribution in [0.15, 0.2) is 91.5 Å². The summed E-state index contributed by atoms with van der Waals surface area (Å²) in [5.41, 5.74) is 6.88. The van der Waals surface area contributed by atoms with E-state index < -0.39 is 0 Å². The van der Waals surface area contributed by atoms with Crippen LogP contribution < -0.4 is 0 Å². The van der Waals surface area contributed by atoms with Gasteiger partial charge in [-0.1, -0.05) is 84.9 Å². The molecule has 1 nitrogen and oxygen atoms in total. The SMILES string of the molecule is C=CCN1Cc2ccc(-c3ccccc3)cc2C(c2ccccc2)C1. The van der Waals surface area contributed by atoms with Crippen LogP contribution in [-0.2, 0) is 6.54 Å². The molecule has 0 saturated heterocycles. The molecule has 0 aromatic heterocycles. The smallest absolute Gasteiger partial charge is 0.0240 e. The van der Waals surface area contributed by atoms with Gasteiger partial charge in [-0.25, -0.2) is 0 Å². The standard InChI is InChI=1S/C24H23N/c1-2-15-25-17-22-14-13-21(19-9-5-3-6-10-19)16-23(22)24(18-25)20-11-7-4-8-12-20/h2-14,16,24H,1,15,17-18H2. The number of rotatable bonds is 4. The normalized spacial score (nSPS) is 17.0. The van der Waals surface area contributed by atoms with Crippen molar-refractivity contribution in [2.75, 3.05) is 13.1 Å². The van der Waals surface area contributed by atoms with Crippen LogP contribution in [0.3, 0.4) is 0 Å². The molecule has 4 rings (SSSR count). The zero-order chi connectivity index (χ0) is 17.1. The highest BCUT2D eigenvalue weighted by molar-refractivity contribution is 5.65. The van der Waals surface area contributed by atoms with Gasteiger partial charge in [-0.2, -0.15) is 0 Å². The summed E-state index contributed by atoms with van der Waals surface area (Å²) in [5.74, 6) is 0.411. The molecule has 1 aliphatic rings. The summed E-state index contributed by atoms with van der Waals surface area (Å²) in [6.07, 6.45) is 2.01. The van der Waals surface area contributed by atoms with Crippen molar-refractivity contribution < 1.29 is 0 Å². The van der Waals surface area contributed by atoms with Crippen molar-refractivity contribution in [3.8, 4) is 11.1 Å². The quantitative estimate of drug-likeness (QED) is 0.574. The van der Waals surface area contributed by atoms with E-state index in [-0.39, 0.29) is 0 Å². The molecule has 0 N–H and O–H groups in total. The van der Waals surface area contributed by atoms with Crippen molar-refractivity contribution in [3.63, 3.8) is 0 Å². The van der Waals surface area contributed by atoms with E-state index in [0.29, 0.717) is 5.92 Å². The van der Waals surface area contributed by atoms with Crippen molar-refractivity contribution in [2.24, 2.45) is 0 Å². The lowest BCUT2D eigenvalue weighted by atomic mass is 9.83. The van der Waals surface area contributed by atoms with Crippen LogP contribution in [0.5, 0.6) is 0 Å². The van der Waals surface area contributed by atoms with E-state index in [1.807, 2.05) is 6.08 Å². The summed E-state index contributed by atoms with van der Waals surface area (Å²) in [6, 6.07) is 28.5. The predicted molar refractivity (Wildman–Crippen MR) is 106 cm³/mol. The van der Waals surface area contributed by atoms with Crippen molar-refractivity contribution in [2.45, 2.75) is 12.5 Å². The maximum absolute atomic E-state index is 3.92. The van der Waals surface area contributed by atoms with Crippen LogP contribution >= 0.6 is 0 Å². The fourth-order valence-corrected chi connectivity index (χ4v) is 3.83. The molecular formula is C24H23N. The van der Waals surface area contributed by atoms with Gasteiger partial charge >= 0.3 is 0 Å². The van der Waals surface area contributed by atoms with Gasteiger partial charge in [0.2, 0.25) is 0 Å². The van der Waals surface area contributed by atoms with Crippen molar-refractivity contribution in [3.05, 3.63) is 108 Å². The fourth-order valence-electron chi connectivity index (χ4n) is 3.83. The first kappa shape index (κ1) is 15.9. The first-order valence-corrected chi connectivity index (χ1v) is 8.91. The summed E-state index contributed by atoms with van der Waals surface area (Å²) in [7, 11) is 0. The Morgan fingerprint density at radius 3 is 2.32 bits per heavy atom. The van der Waals surface area contributed by atoms with Crippen LogP contribution in [0.4, 0.5) is 0 Å². The molecule has 0 aliphatic carbocycles. The van der Waals surface area contributed by atoms with Crippen LogP contribution in [-0.4, -0.2) is 18.0 Å². The van der Waals surface area contributed by atoms with E-state index in [4.69, 9.17) is 0 Å². The lowest BCUT2D eigenvalue weighted by molar-refractivity contribution is 0.266. The molecule has 1 heteroatoms. The van der Waals surface area contributed by atoms with Crippen molar-refractivity contribution in [1.82, 2.24) is 4.90 Å². The monoisotopic (exact) mass is 325 g/mol. The Balaban J connectivity index is 1.79. The minimum absolute atomic E-state index is 0.411. The second-order valence-corrected chi connectivity index (χ2v) is 6.73. The molecule has 0 amide bonds. The zero-order valence-electron chi connectivity index (χ0n) is 14.4. The Bertz CT molecular complexity index is 852. The molecule has 25 heavy (non-hydrogen) atoms. The fraction of sp³-hybridized carbons (Fsp3) is 0.167. The molecule has 1 unspecified atom stereocenters. The minimum atomic E-state index is 0.411. The Morgan fingerprint density at radius 1 is 0.880 bits per heavy atom. The molecule has 0 spiro atoms. The van der Waals surface area contributed by atoms with Crippen LogP contribution in [0, 0.1) is 0 Å². The summed E-state index contributed by atoms with van der Waals surface area (Å²) >= 11 is 0. The molecular weight excluding hydrogens is 302 g/mol. The van der Waals surface area contributed by atoms with Gasteiger partial charge in [0, 0.05) is 25.6 Å². The van der Waals surface area contributed by atoms with Gasteiger partial charge in [0.25, 0.3) is 0 Å². The second-order valence-electron chi connectivity index (χ2n) is 6.73. The van der Waals surface area contributed by atoms with E-state index in [0.717, 1.165) is 19.6 Å². The highest BCUT2D eigenvalue weighted by Crippen LogP contribution is 2.36. The number of benzene rings is 3. The first-order valence-electron chi connectivity index (χ1n) is 8.91. The molecule has 0 bridgehead atoms. The van der Waals surface area contributed by atoms with E-state index in [9.17, 15) is 0 Å². The molecule has 0 saturated carbocycles. The van der Waals surface area contributed by atoms with E-state index in [2.05, 4.69) is 90.3 Å². The first-order chi connectivity index (χ1) is 12.3. The van der Waals surface area contributed by atoms with Gasteiger partial charge < -0.3 is 0 Å². The predicted octanol–water partition coefficient (Wildman–Crippen LogP) is 5.49. The summed E-state index contributed by atoms with van der Waals surface area (Å²) in [6.45, 7) is 6.90. The largest absolute Gasteiger partial charge is 0.294 e. The van der Waals surface area contributed by atoms with E-state index >= 15 is 0 Å². The highest BCUT2D eigenvalue weighted by Gasteiger charge is 2.26. The third-order valence-electron chi connectivity index (χ3n) is 5.05. The number of fused-ring (bicyclic) bond motifs is 1. The summed E-state index contributed by atoms with van der Waals surface area (Å²) in [5, 5.41) is 0. The van der Waals surface area contributed by atoms with Gasteiger partial charge in [-0.15, -0.1) is 6.58 Å². The van der Waals surface area contributed by atoms with Crippen molar-refractivity contribution >= 4 is 0 Å². The second kappa shape index (κ2) is 7.08. The number of hydrogen-bond donors (Lipinski definition) is 0. The Morgan fingerprint density at radius 2 is 1.60 bits per heavy atom. The Labute approximate surface area is 150 Å². The van der Waals surface area contributed by atoms with Gasteiger partial charge in [-0.3, -0.25) is 4.90 Å². The van der Waals surface area contributed by atoms with Crippen LogP contribution in [0.25, 0.3) is 11.1 Å². The zero-order valence-corrected chi connectivity index (χ0v) is 14.4. The van der Waals surface area contributed by atoms with Crippen LogP contribution in [0.2, 0.25) is 0 Å². The Hall–Kier alpha value is -2.64. The van der Waals surface area contributed by atoms with Gasteiger partial charge in [0.05, 0.1) is 0 Å². The van der Waals surface area contributed by atoms with E-state index in [1.54, 1.807) is 0 Å². The third kappa shape index (κ3) is 3.29. The van der Waals surface area contributed by atoms with Gasteiger partial charge in [-0.05, 0) is 27.8 Å². The maximum atomic E-state index is 3.92. The Kier molecular flexibility index (Phi) is 4.49. The molecule has 124 valence electrons. The number of nitrogens with zero attached hydrogens (tertiary/aromatic N) is 1. The highest BCUT2D eigenvalue weighted by atomic mass is 15.1. The lowest BCUT2D eigenvalue weighted by Gasteiger charge is -2.35. The lowest BCUT2D eigenvalue weighted by Crippen LogP contribution is -2.34. The average Bonchev–Trinajstić information content (AvgIpc) is 2.69. The molecule has 1 aliphatic heterocycles. The molecule has 3 aromatic rings. The summed E-state index contributed by atoms with van der Waals surface area (Å²) in [4.78, 5) is 2.48. The molecule has 0 fully saturated rings. The summed E-state index contributed by atoms with van der Waals surface area (Å²) < 4.78 is 0. The molecule has 0 radical (unpaired) electrons. The molecule has 3 aromatic carbocycles. The average molecular weight is 325 g/mol. The van der Waals surface area contributed by atoms with Crippen LogP contribution in [0.1, 0.15) is 22.6 Å². The maximum Gasteiger partial charge on any atom is 0.0240 e. The third-order valence-corrected chi connectivity index (χ3v) is 5.05. The molecule has 1 heterocycles. The minimum Gasteiger partial charge on any atom is -0.294 e. The number of hydrogen-bond acceptors (Lipinski definition) is 1.